The maximum absolute atomic E-state index is 12.7. The third kappa shape index (κ3) is 4.12. The Balaban J connectivity index is 1.94. The van der Waals surface area contributed by atoms with Gasteiger partial charge in [-0.2, -0.15) is 0 Å². The molecule has 140 valence electrons. The molecule has 0 amide bonds. The lowest BCUT2D eigenvalue weighted by atomic mass is 10.3. The van der Waals surface area contributed by atoms with Gasteiger partial charge in [-0.25, -0.2) is 16.8 Å². The fourth-order valence-electron chi connectivity index (χ4n) is 2.42. The number of sulfonamides is 1. The summed E-state index contributed by atoms with van der Waals surface area (Å²) in [6, 6.07) is 19.5. The minimum Gasteiger partial charge on any atom is -0.497 e. The van der Waals surface area contributed by atoms with Crippen LogP contribution >= 0.6 is 0 Å². The van der Waals surface area contributed by atoms with Crippen molar-refractivity contribution >= 4 is 25.5 Å². The van der Waals surface area contributed by atoms with Gasteiger partial charge in [0.2, 0.25) is 9.84 Å². The van der Waals surface area contributed by atoms with Crippen LogP contribution in [0.4, 0.5) is 5.69 Å². The highest BCUT2D eigenvalue weighted by atomic mass is 32.2. The molecule has 1 N–H and O–H groups in total. The number of nitrogens with one attached hydrogen (secondary N) is 1. The minimum atomic E-state index is -3.95. The van der Waals surface area contributed by atoms with Crippen LogP contribution in [-0.2, 0) is 19.9 Å². The molecular weight excluding hydrogens is 386 g/mol. The molecule has 0 atom stereocenters. The van der Waals surface area contributed by atoms with Crippen molar-refractivity contribution in [2.45, 2.75) is 14.7 Å². The molecule has 0 unspecified atom stereocenters. The maximum Gasteiger partial charge on any atom is 0.261 e. The molecule has 0 fully saturated rings. The molecule has 0 aliphatic carbocycles. The molecule has 0 aliphatic heterocycles. The Labute approximate surface area is 158 Å². The average molecular weight is 403 g/mol. The van der Waals surface area contributed by atoms with Crippen molar-refractivity contribution in [1.29, 1.82) is 0 Å². The summed E-state index contributed by atoms with van der Waals surface area (Å²) >= 11 is 0. The molecule has 0 heterocycles. The van der Waals surface area contributed by atoms with Gasteiger partial charge < -0.3 is 4.74 Å². The summed E-state index contributed by atoms with van der Waals surface area (Å²) in [6.45, 7) is 0. The van der Waals surface area contributed by atoms with E-state index in [2.05, 4.69) is 4.72 Å². The highest BCUT2D eigenvalue weighted by Gasteiger charge is 2.21. The van der Waals surface area contributed by atoms with Crippen LogP contribution in [0.25, 0.3) is 0 Å². The van der Waals surface area contributed by atoms with Crippen LogP contribution in [-0.4, -0.2) is 23.9 Å². The number of hydrogen-bond acceptors (Lipinski definition) is 5. The van der Waals surface area contributed by atoms with Crippen LogP contribution in [0.15, 0.2) is 93.5 Å². The van der Waals surface area contributed by atoms with Gasteiger partial charge in [-0.3, -0.25) is 4.72 Å². The molecule has 0 aliphatic rings. The molecule has 0 radical (unpaired) electrons. The van der Waals surface area contributed by atoms with E-state index in [0.717, 1.165) is 6.07 Å². The summed E-state index contributed by atoms with van der Waals surface area (Å²) in [5.74, 6) is 0.592. The van der Waals surface area contributed by atoms with Crippen molar-refractivity contribution in [3.8, 4) is 5.75 Å². The molecule has 0 spiro atoms. The Bertz CT molecular complexity index is 1140. The lowest BCUT2D eigenvalue weighted by molar-refractivity contribution is 0.415. The fraction of sp³-hybridized carbons (Fsp3) is 0.0526. The van der Waals surface area contributed by atoms with E-state index in [-0.39, 0.29) is 14.7 Å². The van der Waals surface area contributed by atoms with E-state index in [1.807, 2.05) is 0 Å². The Hall–Kier alpha value is -2.84. The Morgan fingerprint density at radius 2 is 1.30 bits per heavy atom. The van der Waals surface area contributed by atoms with E-state index in [1.54, 1.807) is 42.5 Å². The number of anilines is 1. The lowest BCUT2D eigenvalue weighted by Gasteiger charge is -2.10. The topological polar surface area (TPSA) is 89.5 Å². The van der Waals surface area contributed by atoms with E-state index in [1.165, 1.54) is 37.4 Å². The maximum atomic E-state index is 12.7. The van der Waals surface area contributed by atoms with Crippen LogP contribution in [0.1, 0.15) is 0 Å². The van der Waals surface area contributed by atoms with Gasteiger partial charge in [0.15, 0.2) is 0 Å². The lowest BCUT2D eigenvalue weighted by Crippen LogP contribution is -2.13. The van der Waals surface area contributed by atoms with Crippen LogP contribution in [0.5, 0.6) is 5.75 Å². The fourth-order valence-corrected chi connectivity index (χ4v) is 4.92. The first-order chi connectivity index (χ1) is 12.8. The largest absolute Gasteiger partial charge is 0.497 e. The van der Waals surface area contributed by atoms with Gasteiger partial charge in [0.25, 0.3) is 10.0 Å². The normalized spacial score (nSPS) is 11.7. The molecule has 0 aromatic heterocycles. The van der Waals surface area contributed by atoms with E-state index >= 15 is 0 Å². The third-order valence-electron chi connectivity index (χ3n) is 3.82. The van der Waals surface area contributed by atoms with E-state index < -0.39 is 19.9 Å². The molecule has 8 heteroatoms. The zero-order valence-corrected chi connectivity index (χ0v) is 16.0. The quantitative estimate of drug-likeness (QED) is 0.682. The number of ether oxygens (including phenoxy) is 1. The molecule has 3 rings (SSSR count). The molecule has 3 aromatic rings. The Morgan fingerprint density at radius 3 is 1.93 bits per heavy atom. The first kappa shape index (κ1) is 18.9. The predicted octanol–water partition coefficient (Wildman–Crippen LogP) is 3.33. The molecule has 27 heavy (non-hydrogen) atoms. The van der Waals surface area contributed by atoms with Crippen molar-refractivity contribution in [1.82, 2.24) is 0 Å². The van der Waals surface area contributed by atoms with E-state index in [9.17, 15) is 16.8 Å². The van der Waals surface area contributed by atoms with Gasteiger partial charge in [0.05, 0.1) is 21.8 Å². The molecule has 0 saturated heterocycles. The Morgan fingerprint density at radius 1 is 0.704 bits per heavy atom. The van der Waals surface area contributed by atoms with E-state index in [4.69, 9.17) is 4.74 Å². The summed E-state index contributed by atoms with van der Waals surface area (Å²) in [5.41, 5.74) is 0.340. The zero-order chi connectivity index (χ0) is 19.5. The molecule has 6 nitrogen and oxygen atoms in total. The van der Waals surface area contributed by atoms with Crippen LogP contribution in [0, 0.1) is 0 Å². The standard InChI is InChI=1S/C19H17NO5S2/c1-25-16-12-10-15(11-13-16)20-27(23,24)19-9-5-8-18(14-19)26(21,22)17-6-3-2-4-7-17/h2-14,20H,1H3. The molecular formula is C19H17NO5S2. The zero-order valence-electron chi connectivity index (χ0n) is 14.4. The second-order valence-electron chi connectivity index (χ2n) is 5.63. The average Bonchev–Trinajstić information content (AvgIpc) is 2.69. The van der Waals surface area contributed by atoms with Crippen LogP contribution in [0.3, 0.4) is 0 Å². The number of hydrogen-bond donors (Lipinski definition) is 1. The molecule has 0 saturated carbocycles. The van der Waals surface area contributed by atoms with Crippen molar-refractivity contribution in [3.05, 3.63) is 78.9 Å². The van der Waals surface area contributed by atoms with Gasteiger partial charge in [0.1, 0.15) is 5.75 Å². The highest BCUT2D eigenvalue weighted by Crippen LogP contribution is 2.24. The summed E-state index contributed by atoms with van der Waals surface area (Å²) in [5, 5.41) is 0. The van der Waals surface area contributed by atoms with Gasteiger partial charge in [-0.15, -0.1) is 0 Å². The summed E-state index contributed by atoms with van der Waals surface area (Å²) < 4.78 is 58.2. The molecule has 3 aromatic carbocycles. The van der Waals surface area contributed by atoms with Gasteiger partial charge in [-0.05, 0) is 54.6 Å². The number of methoxy groups -OCH3 is 1. The third-order valence-corrected chi connectivity index (χ3v) is 6.97. The van der Waals surface area contributed by atoms with Crippen LogP contribution < -0.4 is 9.46 Å². The smallest absolute Gasteiger partial charge is 0.261 e. The number of rotatable bonds is 6. The van der Waals surface area contributed by atoms with Crippen molar-refractivity contribution in [2.75, 3.05) is 11.8 Å². The van der Waals surface area contributed by atoms with Crippen molar-refractivity contribution in [3.63, 3.8) is 0 Å². The highest BCUT2D eigenvalue weighted by molar-refractivity contribution is 7.93. The second kappa shape index (κ2) is 7.42. The minimum absolute atomic E-state index is 0.0914. The van der Waals surface area contributed by atoms with Crippen LogP contribution in [0.2, 0.25) is 0 Å². The van der Waals surface area contributed by atoms with Gasteiger partial charge in [-0.1, -0.05) is 24.3 Å². The molecule has 0 bridgehead atoms. The first-order valence-electron chi connectivity index (χ1n) is 7.90. The Kier molecular flexibility index (Phi) is 5.20. The summed E-state index contributed by atoms with van der Waals surface area (Å²) in [4.78, 5) is -0.135. The SMILES string of the molecule is COc1ccc(NS(=O)(=O)c2cccc(S(=O)(=O)c3ccccc3)c2)cc1. The number of benzene rings is 3. The summed E-state index contributed by atoms with van der Waals surface area (Å²) in [7, 11) is -6.25. The number of sulfone groups is 1. The van der Waals surface area contributed by atoms with E-state index in [0.29, 0.717) is 11.4 Å². The predicted molar refractivity (Wildman–Crippen MR) is 102 cm³/mol. The first-order valence-corrected chi connectivity index (χ1v) is 10.9. The second-order valence-corrected chi connectivity index (χ2v) is 9.26. The van der Waals surface area contributed by atoms with Gasteiger partial charge >= 0.3 is 0 Å². The van der Waals surface area contributed by atoms with Crippen molar-refractivity contribution < 1.29 is 21.6 Å². The monoisotopic (exact) mass is 403 g/mol. The van der Waals surface area contributed by atoms with Crippen molar-refractivity contribution in [2.24, 2.45) is 0 Å². The van der Waals surface area contributed by atoms with Gasteiger partial charge in [0, 0.05) is 5.69 Å². The summed E-state index contributed by atoms with van der Waals surface area (Å²) in [6.07, 6.45) is 0.